The van der Waals surface area contributed by atoms with Gasteiger partial charge in [-0.05, 0) is 25.1 Å². The number of nitrogens with one attached hydrogen (secondary N) is 3. The molecule has 0 fully saturated rings. The third kappa shape index (κ3) is 3.48. The minimum atomic E-state index is -0.167. The number of amides is 1. The third-order valence-electron chi connectivity index (χ3n) is 2.60. The maximum Gasteiger partial charge on any atom is 0.253 e. The predicted molar refractivity (Wildman–Crippen MR) is 75.4 cm³/mol. The highest BCUT2D eigenvalue weighted by Gasteiger charge is 2.11. The molecule has 0 spiro atoms. The van der Waals surface area contributed by atoms with Crippen LogP contribution in [0.1, 0.15) is 22.8 Å². The number of aromatic nitrogens is 2. The van der Waals surface area contributed by atoms with Gasteiger partial charge in [0.25, 0.3) is 5.91 Å². The summed E-state index contributed by atoms with van der Waals surface area (Å²) in [6.45, 7) is 3.14. The van der Waals surface area contributed by atoms with Crippen LogP contribution in [0.5, 0.6) is 0 Å². The van der Waals surface area contributed by atoms with E-state index in [9.17, 15) is 4.79 Å². The molecule has 1 aromatic heterocycles. The first-order valence-electron chi connectivity index (χ1n) is 6.00. The van der Waals surface area contributed by atoms with Crippen LogP contribution in [0.4, 0.5) is 5.69 Å². The van der Waals surface area contributed by atoms with Crippen LogP contribution in [0.3, 0.4) is 0 Å². The summed E-state index contributed by atoms with van der Waals surface area (Å²) in [5, 5.41) is 13.0. The molecule has 0 unspecified atom stereocenters. The van der Waals surface area contributed by atoms with Crippen molar-refractivity contribution in [1.29, 1.82) is 0 Å². The molecular weight excluding hydrogens is 264 g/mol. The van der Waals surface area contributed by atoms with Gasteiger partial charge in [-0.15, -0.1) is 0 Å². The second kappa shape index (κ2) is 6.24. The Labute approximate surface area is 116 Å². The average molecular weight is 279 g/mol. The SMILES string of the molecule is CCNc1ccc(Cl)cc1C(=O)NCc1cn[nH]c1. The van der Waals surface area contributed by atoms with E-state index >= 15 is 0 Å². The fourth-order valence-corrected chi connectivity index (χ4v) is 1.87. The fourth-order valence-electron chi connectivity index (χ4n) is 1.70. The van der Waals surface area contributed by atoms with E-state index in [0.29, 0.717) is 17.1 Å². The lowest BCUT2D eigenvalue weighted by Gasteiger charge is -2.11. The van der Waals surface area contributed by atoms with Crippen LogP contribution in [-0.4, -0.2) is 22.6 Å². The molecule has 0 saturated heterocycles. The summed E-state index contributed by atoms with van der Waals surface area (Å²) >= 11 is 5.94. The van der Waals surface area contributed by atoms with Gasteiger partial charge < -0.3 is 10.6 Å². The first-order chi connectivity index (χ1) is 9.20. The van der Waals surface area contributed by atoms with Crippen LogP contribution >= 0.6 is 11.6 Å². The Morgan fingerprint density at radius 2 is 2.32 bits per heavy atom. The van der Waals surface area contributed by atoms with Crippen LogP contribution < -0.4 is 10.6 Å². The molecule has 1 amide bonds. The Kier molecular flexibility index (Phi) is 4.41. The number of anilines is 1. The molecule has 0 aliphatic rings. The summed E-state index contributed by atoms with van der Waals surface area (Å²) in [7, 11) is 0. The predicted octanol–water partition coefficient (Wildman–Crippen LogP) is 2.42. The van der Waals surface area contributed by atoms with E-state index in [1.54, 1.807) is 30.6 Å². The van der Waals surface area contributed by atoms with Crippen LogP contribution in [-0.2, 0) is 6.54 Å². The van der Waals surface area contributed by atoms with Gasteiger partial charge in [0.1, 0.15) is 0 Å². The molecule has 0 aliphatic heterocycles. The average Bonchev–Trinajstić information content (AvgIpc) is 2.91. The maximum atomic E-state index is 12.1. The lowest BCUT2D eigenvalue weighted by molar-refractivity contribution is 0.0951. The van der Waals surface area contributed by atoms with Crippen molar-refractivity contribution in [3.8, 4) is 0 Å². The van der Waals surface area contributed by atoms with E-state index in [-0.39, 0.29) is 5.91 Å². The van der Waals surface area contributed by atoms with Crippen molar-refractivity contribution in [2.45, 2.75) is 13.5 Å². The summed E-state index contributed by atoms with van der Waals surface area (Å²) in [6, 6.07) is 5.22. The molecule has 3 N–H and O–H groups in total. The molecule has 0 radical (unpaired) electrons. The number of hydrogen-bond donors (Lipinski definition) is 3. The first kappa shape index (κ1) is 13.4. The number of carbonyl (C=O) groups excluding carboxylic acids is 1. The summed E-state index contributed by atoms with van der Waals surface area (Å²) in [6.07, 6.45) is 3.41. The van der Waals surface area contributed by atoms with Crippen molar-refractivity contribution < 1.29 is 4.79 Å². The number of hydrogen-bond acceptors (Lipinski definition) is 3. The van der Waals surface area contributed by atoms with Gasteiger partial charge in [-0.2, -0.15) is 5.10 Å². The van der Waals surface area contributed by atoms with E-state index in [4.69, 9.17) is 11.6 Å². The Hall–Kier alpha value is -2.01. The zero-order valence-corrected chi connectivity index (χ0v) is 11.3. The van der Waals surface area contributed by atoms with Gasteiger partial charge in [-0.25, -0.2) is 0 Å². The van der Waals surface area contributed by atoms with Gasteiger partial charge in [-0.3, -0.25) is 9.89 Å². The van der Waals surface area contributed by atoms with Gasteiger partial charge in [0.15, 0.2) is 0 Å². The van der Waals surface area contributed by atoms with Gasteiger partial charge in [-0.1, -0.05) is 11.6 Å². The monoisotopic (exact) mass is 278 g/mol. The first-order valence-corrected chi connectivity index (χ1v) is 6.37. The number of H-pyrrole nitrogens is 1. The minimum Gasteiger partial charge on any atom is -0.385 e. The van der Waals surface area contributed by atoms with E-state index in [2.05, 4.69) is 20.8 Å². The van der Waals surface area contributed by atoms with Crippen LogP contribution in [0.15, 0.2) is 30.6 Å². The van der Waals surface area contributed by atoms with Crippen molar-refractivity contribution in [3.63, 3.8) is 0 Å². The lowest BCUT2D eigenvalue weighted by atomic mass is 10.1. The number of halogens is 1. The molecule has 1 heterocycles. The minimum absolute atomic E-state index is 0.167. The molecule has 1 aromatic carbocycles. The molecule has 0 saturated carbocycles. The normalized spacial score (nSPS) is 10.2. The number of benzene rings is 1. The number of carbonyl (C=O) groups is 1. The van der Waals surface area contributed by atoms with Gasteiger partial charge >= 0.3 is 0 Å². The zero-order chi connectivity index (χ0) is 13.7. The van der Waals surface area contributed by atoms with Crippen molar-refractivity contribution in [3.05, 3.63) is 46.7 Å². The molecule has 6 heteroatoms. The van der Waals surface area contributed by atoms with E-state index in [1.807, 2.05) is 6.92 Å². The molecule has 0 bridgehead atoms. The second-order valence-corrected chi connectivity index (χ2v) is 4.45. The molecule has 5 nitrogen and oxygen atoms in total. The molecule has 2 aromatic rings. The van der Waals surface area contributed by atoms with Crippen LogP contribution in [0.2, 0.25) is 5.02 Å². The molecule has 19 heavy (non-hydrogen) atoms. The summed E-state index contributed by atoms with van der Waals surface area (Å²) in [4.78, 5) is 12.1. The topological polar surface area (TPSA) is 69.8 Å². The summed E-state index contributed by atoms with van der Waals surface area (Å²) in [5.74, 6) is -0.167. The maximum absolute atomic E-state index is 12.1. The third-order valence-corrected chi connectivity index (χ3v) is 2.84. The van der Waals surface area contributed by atoms with E-state index in [0.717, 1.165) is 17.8 Å². The Morgan fingerprint density at radius 3 is 3.00 bits per heavy atom. The molecule has 100 valence electrons. The Balaban J connectivity index is 2.11. The van der Waals surface area contributed by atoms with E-state index in [1.165, 1.54) is 0 Å². The quantitative estimate of drug-likeness (QED) is 0.787. The highest BCUT2D eigenvalue weighted by Crippen LogP contribution is 2.20. The fraction of sp³-hybridized carbons (Fsp3) is 0.231. The summed E-state index contributed by atoms with van der Waals surface area (Å²) < 4.78 is 0. The van der Waals surface area contributed by atoms with Crippen LogP contribution in [0, 0.1) is 0 Å². The number of nitrogens with zero attached hydrogens (tertiary/aromatic N) is 1. The molecule has 0 atom stereocenters. The summed E-state index contributed by atoms with van der Waals surface area (Å²) in [5.41, 5.74) is 2.23. The van der Waals surface area contributed by atoms with Gasteiger partial charge in [0, 0.05) is 35.6 Å². The van der Waals surface area contributed by atoms with E-state index < -0.39 is 0 Å². The lowest BCUT2D eigenvalue weighted by Crippen LogP contribution is -2.23. The van der Waals surface area contributed by atoms with Gasteiger partial charge in [0.05, 0.1) is 11.8 Å². The number of aromatic amines is 1. The van der Waals surface area contributed by atoms with Crippen LogP contribution in [0.25, 0.3) is 0 Å². The second-order valence-electron chi connectivity index (χ2n) is 4.01. The zero-order valence-electron chi connectivity index (χ0n) is 10.5. The highest BCUT2D eigenvalue weighted by molar-refractivity contribution is 6.31. The molecular formula is C13H15ClN4O. The molecule has 0 aliphatic carbocycles. The molecule has 2 rings (SSSR count). The Bertz CT molecular complexity index is 554. The van der Waals surface area contributed by atoms with Crippen molar-refractivity contribution in [2.75, 3.05) is 11.9 Å². The highest BCUT2D eigenvalue weighted by atomic mass is 35.5. The van der Waals surface area contributed by atoms with Crippen molar-refractivity contribution in [2.24, 2.45) is 0 Å². The van der Waals surface area contributed by atoms with Gasteiger partial charge in [0.2, 0.25) is 0 Å². The van der Waals surface area contributed by atoms with Crippen molar-refractivity contribution in [1.82, 2.24) is 15.5 Å². The standard InChI is InChI=1S/C13H15ClN4O/c1-2-15-12-4-3-10(14)5-11(12)13(19)16-6-9-7-17-18-8-9/h3-5,7-8,15H,2,6H2,1H3,(H,16,19)(H,17,18). The largest absolute Gasteiger partial charge is 0.385 e. The smallest absolute Gasteiger partial charge is 0.253 e. The number of rotatable bonds is 5. The Morgan fingerprint density at radius 1 is 1.47 bits per heavy atom. The van der Waals surface area contributed by atoms with Crippen molar-refractivity contribution >= 4 is 23.2 Å².